The molecule has 172 valence electrons. The standard InChI is InChI=1S/C22H21FN4O4S2/c1-31-21-12-18(24-14-25-21)13-33(29,30)19-9-7-17(8-10-19)26-22(32)27-20(28)11-4-15-2-5-16(23)6-3-15/h2-3,5-10,12,14H,4,11,13H2,1H3,(H2,26,27,28,32). The molecule has 0 fully saturated rings. The summed E-state index contributed by atoms with van der Waals surface area (Å²) in [4.78, 5) is 20.0. The number of sulfone groups is 1. The molecule has 8 nitrogen and oxygen atoms in total. The molecule has 0 unspecified atom stereocenters. The summed E-state index contributed by atoms with van der Waals surface area (Å²) in [6.07, 6.45) is 1.86. The van der Waals surface area contributed by atoms with Crippen molar-refractivity contribution in [3.63, 3.8) is 0 Å². The van der Waals surface area contributed by atoms with Gasteiger partial charge in [-0.05, 0) is 60.6 Å². The van der Waals surface area contributed by atoms with Gasteiger partial charge in [0.1, 0.15) is 12.1 Å². The van der Waals surface area contributed by atoms with Gasteiger partial charge in [0.05, 0.1) is 23.5 Å². The minimum Gasteiger partial charge on any atom is -0.481 e. The lowest BCUT2D eigenvalue weighted by atomic mass is 10.1. The zero-order chi connectivity index (χ0) is 23.8. The molecule has 2 N–H and O–H groups in total. The SMILES string of the molecule is COc1cc(CS(=O)(=O)c2ccc(NC(=S)NC(=O)CCc3ccc(F)cc3)cc2)ncn1. The van der Waals surface area contributed by atoms with Crippen LogP contribution in [0.2, 0.25) is 0 Å². The topological polar surface area (TPSA) is 110 Å². The molecule has 11 heteroatoms. The number of halogens is 1. The average molecular weight is 489 g/mol. The molecule has 2 aromatic carbocycles. The number of hydrogen-bond donors (Lipinski definition) is 2. The summed E-state index contributed by atoms with van der Waals surface area (Å²) in [6.45, 7) is 0. The number of methoxy groups -OCH3 is 1. The van der Waals surface area contributed by atoms with Crippen molar-refractivity contribution in [2.45, 2.75) is 23.5 Å². The second-order valence-electron chi connectivity index (χ2n) is 6.96. The zero-order valence-electron chi connectivity index (χ0n) is 17.6. The molecule has 0 aliphatic carbocycles. The largest absolute Gasteiger partial charge is 0.481 e. The summed E-state index contributed by atoms with van der Waals surface area (Å²) in [5.74, 6) is -0.651. The number of ether oxygens (including phenoxy) is 1. The molecule has 3 rings (SSSR count). The van der Waals surface area contributed by atoms with Crippen molar-refractivity contribution in [1.29, 1.82) is 0 Å². The molecule has 1 aromatic heterocycles. The number of nitrogens with one attached hydrogen (secondary N) is 2. The number of amides is 1. The van der Waals surface area contributed by atoms with Crippen molar-refractivity contribution in [2.75, 3.05) is 12.4 Å². The van der Waals surface area contributed by atoms with Crippen LogP contribution in [0.25, 0.3) is 0 Å². The normalized spacial score (nSPS) is 11.0. The van der Waals surface area contributed by atoms with Crippen LogP contribution in [-0.4, -0.2) is 36.5 Å². The maximum absolute atomic E-state index is 12.9. The first kappa shape index (κ1) is 24.2. The number of anilines is 1. The third-order valence-electron chi connectivity index (χ3n) is 4.52. The van der Waals surface area contributed by atoms with Crippen molar-refractivity contribution in [2.24, 2.45) is 0 Å². The fourth-order valence-electron chi connectivity index (χ4n) is 2.85. The van der Waals surface area contributed by atoms with E-state index in [9.17, 15) is 17.6 Å². The summed E-state index contributed by atoms with van der Waals surface area (Å²) in [5, 5.41) is 5.49. The van der Waals surface area contributed by atoms with Crippen LogP contribution in [0.15, 0.2) is 65.8 Å². The zero-order valence-corrected chi connectivity index (χ0v) is 19.2. The van der Waals surface area contributed by atoms with Crippen molar-refractivity contribution in [3.05, 3.63) is 78.0 Å². The third kappa shape index (κ3) is 7.29. The number of benzene rings is 2. The molecule has 33 heavy (non-hydrogen) atoms. The lowest BCUT2D eigenvalue weighted by molar-refractivity contribution is -0.119. The van der Waals surface area contributed by atoms with Gasteiger partial charge in [-0.3, -0.25) is 4.79 Å². The van der Waals surface area contributed by atoms with E-state index in [0.29, 0.717) is 17.8 Å². The minimum absolute atomic E-state index is 0.0859. The van der Waals surface area contributed by atoms with Gasteiger partial charge in [0.25, 0.3) is 0 Å². The Labute approximate surface area is 196 Å². The van der Waals surface area contributed by atoms with E-state index in [1.54, 1.807) is 24.3 Å². The number of nitrogens with zero attached hydrogens (tertiary/aromatic N) is 2. The van der Waals surface area contributed by atoms with E-state index < -0.39 is 9.84 Å². The number of thiocarbonyl (C=S) groups is 1. The summed E-state index contributed by atoms with van der Waals surface area (Å²) >= 11 is 5.14. The molecule has 0 atom stereocenters. The van der Waals surface area contributed by atoms with Crippen LogP contribution >= 0.6 is 12.2 Å². The van der Waals surface area contributed by atoms with Crippen LogP contribution in [0.5, 0.6) is 5.88 Å². The highest BCUT2D eigenvalue weighted by Gasteiger charge is 2.17. The average Bonchev–Trinajstić information content (AvgIpc) is 2.79. The molecule has 0 saturated carbocycles. The summed E-state index contributed by atoms with van der Waals surface area (Å²) < 4.78 is 43.2. The summed E-state index contributed by atoms with van der Waals surface area (Å²) in [6, 6.07) is 13.4. The molecule has 0 aliphatic rings. The maximum Gasteiger partial charge on any atom is 0.226 e. The molecule has 1 heterocycles. The van der Waals surface area contributed by atoms with Crippen molar-refractivity contribution in [3.8, 4) is 5.88 Å². The fourth-order valence-corrected chi connectivity index (χ4v) is 4.35. The molecular formula is C22H21FN4O4S2. The van der Waals surface area contributed by atoms with Gasteiger partial charge in [-0.15, -0.1) is 0 Å². The molecule has 0 aliphatic heterocycles. The monoisotopic (exact) mass is 488 g/mol. The second-order valence-corrected chi connectivity index (χ2v) is 9.36. The van der Waals surface area contributed by atoms with Crippen LogP contribution in [0.3, 0.4) is 0 Å². The predicted molar refractivity (Wildman–Crippen MR) is 125 cm³/mol. The Morgan fingerprint density at radius 1 is 1.09 bits per heavy atom. The fraction of sp³-hybridized carbons (Fsp3) is 0.182. The van der Waals surface area contributed by atoms with Crippen LogP contribution in [0, 0.1) is 5.82 Å². The van der Waals surface area contributed by atoms with Gasteiger partial charge in [-0.1, -0.05) is 12.1 Å². The van der Waals surface area contributed by atoms with Gasteiger partial charge in [0.2, 0.25) is 11.8 Å². The summed E-state index contributed by atoms with van der Waals surface area (Å²) in [7, 11) is -2.20. The molecule has 0 saturated heterocycles. The Balaban J connectivity index is 1.53. The van der Waals surface area contributed by atoms with E-state index in [1.807, 2.05) is 0 Å². The lowest BCUT2D eigenvalue weighted by Gasteiger charge is -2.11. The number of rotatable bonds is 8. The molecule has 0 spiro atoms. The minimum atomic E-state index is -3.64. The second kappa shape index (κ2) is 10.9. The number of hydrogen-bond acceptors (Lipinski definition) is 7. The first-order valence-corrected chi connectivity index (χ1v) is 11.8. The van der Waals surface area contributed by atoms with Crippen LogP contribution in [-0.2, 0) is 26.8 Å². The highest BCUT2D eigenvalue weighted by molar-refractivity contribution is 7.90. The molecule has 3 aromatic rings. The van der Waals surface area contributed by atoms with E-state index >= 15 is 0 Å². The Bertz CT molecular complexity index is 1230. The molecule has 0 bridgehead atoms. The summed E-state index contributed by atoms with van der Waals surface area (Å²) in [5.41, 5.74) is 1.66. The van der Waals surface area contributed by atoms with Crippen LogP contribution in [0.4, 0.5) is 10.1 Å². The first-order valence-electron chi connectivity index (χ1n) is 9.78. The van der Waals surface area contributed by atoms with Gasteiger partial charge in [0, 0.05) is 18.2 Å². The Morgan fingerprint density at radius 2 is 1.79 bits per heavy atom. The molecule has 1 amide bonds. The van der Waals surface area contributed by atoms with Crippen molar-refractivity contribution in [1.82, 2.24) is 15.3 Å². The number of carbonyl (C=O) groups is 1. The number of aryl methyl sites for hydroxylation is 1. The van der Waals surface area contributed by atoms with E-state index in [0.717, 1.165) is 5.56 Å². The maximum atomic E-state index is 12.9. The van der Waals surface area contributed by atoms with Gasteiger partial charge in [-0.25, -0.2) is 22.8 Å². The third-order valence-corrected chi connectivity index (χ3v) is 6.39. The van der Waals surface area contributed by atoms with E-state index in [4.69, 9.17) is 17.0 Å². The highest BCUT2D eigenvalue weighted by Crippen LogP contribution is 2.19. The number of aromatic nitrogens is 2. The van der Waals surface area contributed by atoms with Crippen LogP contribution < -0.4 is 15.4 Å². The van der Waals surface area contributed by atoms with Gasteiger partial charge in [0.15, 0.2) is 14.9 Å². The Morgan fingerprint density at radius 3 is 2.45 bits per heavy atom. The van der Waals surface area contributed by atoms with E-state index in [-0.39, 0.29) is 39.8 Å². The van der Waals surface area contributed by atoms with Gasteiger partial charge in [-0.2, -0.15) is 0 Å². The van der Waals surface area contributed by atoms with Crippen molar-refractivity contribution < 1.29 is 22.3 Å². The van der Waals surface area contributed by atoms with Crippen LogP contribution in [0.1, 0.15) is 17.7 Å². The van der Waals surface area contributed by atoms with Crippen molar-refractivity contribution >= 4 is 38.8 Å². The van der Waals surface area contributed by atoms with E-state index in [1.165, 1.54) is 43.8 Å². The smallest absolute Gasteiger partial charge is 0.226 e. The van der Waals surface area contributed by atoms with Gasteiger partial charge < -0.3 is 15.4 Å². The number of carbonyl (C=O) groups excluding carboxylic acids is 1. The first-order chi connectivity index (χ1) is 15.7. The molecule has 0 radical (unpaired) electrons. The quantitative estimate of drug-likeness (QED) is 0.466. The lowest BCUT2D eigenvalue weighted by Crippen LogP contribution is -2.34. The highest BCUT2D eigenvalue weighted by atomic mass is 32.2. The van der Waals surface area contributed by atoms with E-state index in [2.05, 4.69) is 20.6 Å². The Kier molecular flexibility index (Phi) is 8.01. The van der Waals surface area contributed by atoms with Gasteiger partial charge >= 0.3 is 0 Å². The Hall–Kier alpha value is -3.44. The predicted octanol–water partition coefficient (Wildman–Crippen LogP) is 3.04. The molecular weight excluding hydrogens is 467 g/mol.